The van der Waals surface area contributed by atoms with Crippen LogP contribution in [0.1, 0.15) is 22.3 Å². The molecule has 5 N–H and O–H groups in total. The fraction of sp³-hybridized carbons (Fsp3) is 0.357. The lowest BCUT2D eigenvalue weighted by Gasteiger charge is -2.23. The highest BCUT2D eigenvalue weighted by Crippen LogP contribution is 2.20. The van der Waals surface area contributed by atoms with Gasteiger partial charge in [0.05, 0.1) is 6.61 Å². The maximum atomic E-state index is 12.2. The van der Waals surface area contributed by atoms with Crippen LogP contribution in [0.5, 0.6) is 0 Å². The monoisotopic (exact) mass is 307 g/mol. The Hall–Kier alpha value is -2.61. The number of carboxylic acids is 1. The third-order valence-electron chi connectivity index (χ3n) is 3.47. The Morgan fingerprint density at radius 1 is 1.27 bits per heavy atom. The smallest absolute Gasteiger partial charge is 0.331 e. The van der Waals surface area contributed by atoms with Gasteiger partial charge in [-0.05, 0) is 17.7 Å². The molecule has 1 aromatic rings. The van der Waals surface area contributed by atoms with Gasteiger partial charge in [-0.1, -0.05) is 12.1 Å². The molecule has 0 aromatic heterocycles. The van der Waals surface area contributed by atoms with E-state index in [0.717, 1.165) is 5.56 Å². The molecule has 1 heterocycles. The number of aliphatic carboxylic acids is 1. The Bertz CT molecular complexity index is 579. The highest BCUT2D eigenvalue weighted by molar-refractivity contribution is 5.98. The molecule has 0 saturated carbocycles. The largest absolute Gasteiger partial charge is 0.479 e. The van der Waals surface area contributed by atoms with Crippen molar-refractivity contribution in [1.82, 2.24) is 10.6 Å². The quantitative estimate of drug-likeness (QED) is 0.600. The number of carbonyl (C=O) groups excluding carboxylic acids is 2. The lowest BCUT2D eigenvalue weighted by atomic mass is 9.98. The molecular formula is C14H17N3O5. The number of amides is 3. The topological polar surface area (TPSA) is 131 Å². The van der Waals surface area contributed by atoms with Crippen LogP contribution in [0.3, 0.4) is 0 Å². The second kappa shape index (κ2) is 6.44. The first kappa shape index (κ1) is 15.8. The van der Waals surface area contributed by atoms with Crippen LogP contribution < -0.4 is 16.4 Å². The molecule has 8 heteroatoms. The number of carboxylic acid groups (broad SMARTS) is 1. The van der Waals surface area contributed by atoms with Gasteiger partial charge in [0.15, 0.2) is 5.54 Å². The van der Waals surface area contributed by atoms with Crippen LogP contribution in [0.2, 0.25) is 0 Å². The molecule has 3 amide bonds. The molecule has 0 aliphatic carbocycles. The average Bonchev–Trinajstić information content (AvgIpc) is 2.95. The minimum absolute atomic E-state index is 0.0469. The summed E-state index contributed by atoms with van der Waals surface area (Å²) in [6.45, 7) is 0.503. The van der Waals surface area contributed by atoms with E-state index in [-0.39, 0.29) is 19.6 Å². The van der Waals surface area contributed by atoms with E-state index in [0.29, 0.717) is 12.2 Å². The number of nitrogens with one attached hydrogen (secondary N) is 2. The van der Waals surface area contributed by atoms with Crippen LogP contribution in [0.25, 0.3) is 0 Å². The summed E-state index contributed by atoms with van der Waals surface area (Å²) in [4.78, 5) is 34.1. The van der Waals surface area contributed by atoms with E-state index in [4.69, 9.17) is 10.5 Å². The normalized spacial score (nSPS) is 20.4. The predicted octanol–water partition coefficient (Wildman–Crippen LogP) is -0.172. The maximum absolute atomic E-state index is 12.2. The number of ether oxygens (including phenoxy) is 1. The zero-order valence-electron chi connectivity index (χ0n) is 11.8. The molecule has 22 heavy (non-hydrogen) atoms. The molecule has 118 valence electrons. The summed E-state index contributed by atoms with van der Waals surface area (Å²) in [6.07, 6.45) is 0.231. The number of primary amides is 1. The molecule has 1 unspecified atom stereocenters. The van der Waals surface area contributed by atoms with E-state index in [1.165, 1.54) is 0 Å². The summed E-state index contributed by atoms with van der Waals surface area (Å²) in [7, 11) is 0. The minimum atomic E-state index is -1.37. The maximum Gasteiger partial charge on any atom is 0.331 e. The molecule has 8 nitrogen and oxygen atoms in total. The van der Waals surface area contributed by atoms with Crippen LogP contribution in [0, 0.1) is 0 Å². The molecule has 1 aliphatic heterocycles. The Kier molecular flexibility index (Phi) is 4.62. The van der Waals surface area contributed by atoms with Crippen molar-refractivity contribution in [2.75, 3.05) is 13.2 Å². The number of hydrogen-bond acceptors (Lipinski definition) is 4. The van der Waals surface area contributed by atoms with Crippen molar-refractivity contribution < 1.29 is 24.2 Å². The molecule has 2 rings (SSSR count). The van der Waals surface area contributed by atoms with Gasteiger partial charge >= 0.3 is 12.0 Å². The first-order valence-corrected chi connectivity index (χ1v) is 6.69. The van der Waals surface area contributed by atoms with Crippen molar-refractivity contribution in [3.8, 4) is 0 Å². The Morgan fingerprint density at radius 2 is 1.95 bits per heavy atom. The zero-order valence-corrected chi connectivity index (χ0v) is 11.8. The second-order valence-corrected chi connectivity index (χ2v) is 5.06. The van der Waals surface area contributed by atoms with Gasteiger partial charge in [0.1, 0.15) is 0 Å². The molecule has 1 atom stereocenters. The van der Waals surface area contributed by atoms with Gasteiger partial charge < -0.3 is 26.2 Å². The molecule has 0 bridgehead atoms. The number of rotatable bonds is 5. The van der Waals surface area contributed by atoms with Gasteiger partial charge in [-0.15, -0.1) is 0 Å². The van der Waals surface area contributed by atoms with E-state index >= 15 is 0 Å². The number of benzene rings is 1. The summed E-state index contributed by atoms with van der Waals surface area (Å²) < 4.78 is 5.08. The van der Waals surface area contributed by atoms with Crippen molar-refractivity contribution >= 4 is 17.9 Å². The molecule has 1 aliphatic rings. The second-order valence-electron chi connectivity index (χ2n) is 5.06. The van der Waals surface area contributed by atoms with Crippen molar-refractivity contribution in [3.05, 3.63) is 35.4 Å². The van der Waals surface area contributed by atoms with E-state index in [9.17, 15) is 19.5 Å². The van der Waals surface area contributed by atoms with Gasteiger partial charge in [-0.2, -0.15) is 0 Å². The third-order valence-corrected chi connectivity index (χ3v) is 3.47. The molecule has 1 saturated heterocycles. The average molecular weight is 307 g/mol. The first-order chi connectivity index (χ1) is 10.4. The number of nitrogens with two attached hydrogens (primary N) is 1. The first-order valence-electron chi connectivity index (χ1n) is 6.69. The Morgan fingerprint density at radius 3 is 2.45 bits per heavy atom. The molecule has 0 spiro atoms. The Labute approximate surface area is 126 Å². The van der Waals surface area contributed by atoms with E-state index in [2.05, 4.69) is 10.6 Å². The summed E-state index contributed by atoms with van der Waals surface area (Å²) in [5.41, 5.74) is 4.70. The van der Waals surface area contributed by atoms with E-state index in [1.54, 1.807) is 24.3 Å². The Balaban J connectivity index is 2.03. The number of urea groups is 1. The third kappa shape index (κ3) is 3.53. The van der Waals surface area contributed by atoms with Crippen LogP contribution in [-0.2, 0) is 16.1 Å². The molecule has 1 fully saturated rings. The van der Waals surface area contributed by atoms with E-state index < -0.39 is 23.4 Å². The molecule has 0 radical (unpaired) electrons. The van der Waals surface area contributed by atoms with Crippen molar-refractivity contribution in [2.24, 2.45) is 5.73 Å². The van der Waals surface area contributed by atoms with E-state index in [1.807, 2.05) is 0 Å². The van der Waals surface area contributed by atoms with Crippen LogP contribution in [-0.4, -0.2) is 41.8 Å². The van der Waals surface area contributed by atoms with Gasteiger partial charge in [0, 0.05) is 25.1 Å². The summed E-state index contributed by atoms with van der Waals surface area (Å²) in [5.74, 6) is -1.59. The minimum Gasteiger partial charge on any atom is -0.479 e. The van der Waals surface area contributed by atoms with Gasteiger partial charge in [-0.3, -0.25) is 4.79 Å². The predicted molar refractivity (Wildman–Crippen MR) is 76.1 cm³/mol. The summed E-state index contributed by atoms with van der Waals surface area (Å²) in [6, 6.07) is 5.79. The number of hydrogen-bond donors (Lipinski definition) is 4. The highest BCUT2D eigenvalue weighted by atomic mass is 16.5. The van der Waals surface area contributed by atoms with Crippen LogP contribution in [0.15, 0.2) is 24.3 Å². The SMILES string of the molecule is NC(=O)NCc1ccc(C(=O)NC2(C(=O)O)CCOC2)cc1. The number of carbonyl (C=O) groups is 3. The summed E-state index contributed by atoms with van der Waals surface area (Å²) >= 11 is 0. The van der Waals surface area contributed by atoms with Crippen molar-refractivity contribution in [3.63, 3.8) is 0 Å². The lowest BCUT2D eigenvalue weighted by Crippen LogP contribution is -2.55. The van der Waals surface area contributed by atoms with Crippen LogP contribution in [0.4, 0.5) is 4.79 Å². The standard InChI is InChI=1S/C14H17N3O5/c15-13(21)16-7-9-1-3-10(4-2-9)11(18)17-14(12(19)20)5-6-22-8-14/h1-4H,5-8H2,(H,17,18)(H,19,20)(H3,15,16,21). The van der Waals surface area contributed by atoms with Gasteiger partial charge in [0.2, 0.25) is 0 Å². The van der Waals surface area contributed by atoms with Crippen molar-refractivity contribution in [2.45, 2.75) is 18.5 Å². The van der Waals surface area contributed by atoms with Crippen LogP contribution >= 0.6 is 0 Å². The van der Waals surface area contributed by atoms with Gasteiger partial charge in [-0.25, -0.2) is 9.59 Å². The fourth-order valence-electron chi connectivity index (χ4n) is 2.14. The molecule has 1 aromatic carbocycles. The summed E-state index contributed by atoms with van der Waals surface area (Å²) in [5, 5.41) is 14.2. The van der Waals surface area contributed by atoms with Gasteiger partial charge in [0.25, 0.3) is 5.91 Å². The lowest BCUT2D eigenvalue weighted by molar-refractivity contribution is -0.144. The fourth-order valence-corrected chi connectivity index (χ4v) is 2.14. The van der Waals surface area contributed by atoms with Crippen molar-refractivity contribution in [1.29, 1.82) is 0 Å². The zero-order chi connectivity index (χ0) is 16.2. The molecular weight excluding hydrogens is 290 g/mol. The highest BCUT2D eigenvalue weighted by Gasteiger charge is 2.44.